The Morgan fingerprint density at radius 3 is 2.62 bits per heavy atom. The lowest BCUT2D eigenvalue weighted by Crippen LogP contribution is -1.73. The lowest BCUT2D eigenvalue weighted by molar-refractivity contribution is 0.907. The van der Waals surface area contributed by atoms with E-state index in [1.54, 1.807) is 5.37 Å². The maximum atomic E-state index is 4.64. The lowest BCUT2D eigenvalue weighted by atomic mass is 10.2. The fourth-order valence-corrected chi connectivity index (χ4v) is 0.826. The van der Waals surface area contributed by atoms with Gasteiger partial charge in [0, 0.05) is 5.37 Å². The van der Waals surface area contributed by atoms with E-state index in [9.17, 15) is 0 Å². The zero-order valence-electron chi connectivity index (χ0n) is 5.48. The molecule has 0 aliphatic heterocycles. The van der Waals surface area contributed by atoms with E-state index in [1.807, 2.05) is 6.08 Å². The van der Waals surface area contributed by atoms with Crippen LogP contribution in [0, 0.1) is 0 Å². The van der Waals surface area contributed by atoms with Crippen molar-refractivity contribution in [2.75, 3.05) is 0 Å². The molecular weight excluding hydrogens is 116 g/mol. The third kappa shape index (κ3) is 4.00. The van der Waals surface area contributed by atoms with Crippen LogP contribution in [-0.4, -0.2) is 5.37 Å². The maximum Gasteiger partial charge on any atom is 0.00129 e. The first-order chi connectivity index (χ1) is 3.81. The fraction of sp³-hybridized carbons (Fsp3) is 0.571. The monoisotopic (exact) mass is 128 g/mol. The van der Waals surface area contributed by atoms with Gasteiger partial charge in [0.25, 0.3) is 0 Å². The summed E-state index contributed by atoms with van der Waals surface area (Å²) in [5.41, 5.74) is 1.38. The summed E-state index contributed by atoms with van der Waals surface area (Å²) in [5.74, 6) is 0. The Hall–Kier alpha value is -0.170. The van der Waals surface area contributed by atoms with Gasteiger partial charge < -0.3 is 0 Å². The normalized spacial score (nSPS) is 11.5. The minimum atomic E-state index is 1.17. The molecule has 0 aromatic rings. The van der Waals surface area contributed by atoms with Crippen LogP contribution < -0.4 is 0 Å². The average molecular weight is 128 g/mol. The van der Waals surface area contributed by atoms with Crippen molar-refractivity contribution in [1.82, 2.24) is 0 Å². The highest BCUT2D eigenvalue weighted by Gasteiger charge is 1.81. The van der Waals surface area contributed by atoms with Crippen LogP contribution in [0.15, 0.2) is 11.6 Å². The second kappa shape index (κ2) is 4.98. The van der Waals surface area contributed by atoms with E-state index < -0.39 is 0 Å². The molecule has 0 bridgehead atoms. The number of hydrogen-bond acceptors (Lipinski definition) is 1. The molecule has 0 fully saturated rings. The van der Waals surface area contributed by atoms with Crippen molar-refractivity contribution in [1.29, 1.82) is 0 Å². The van der Waals surface area contributed by atoms with Crippen LogP contribution >= 0.6 is 12.2 Å². The molecule has 0 amide bonds. The van der Waals surface area contributed by atoms with Crippen LogP contribution in [0.2, 0.25) is 0 Å². The summed E-state index contributed by atoms with van der Waals surface area (Å²) in [4.78, 5) is 0. The Kier molecular flexibility index (Phi) is 4.87. The zero-order valence-corrected chi connectivity index (χ0v) is 6.29. The summed E-state index contributed by atoms with van der Waals surface area (Å²) < 4.78 is 0. The standard InChI is InChI=1S/C7H12S/c1-3-4-7(2)5-6-8/h5-6H,3-4H2,1-2H3. The van der Waals surface area contributed by atoms with Gasteiger partial charge in [-0.1, -0.05) is 37.2 Å². The van der Waals surface area contributed by atoms with Crippen LogP contribution in [0.25, 0.3) is 0 Å². The first kappa shape index (κ1) is 7.83. The van der Waals surface area contributed by atoms with Crippen molar-refractivity contribution in [3.05, 3.63) is 11.6 Å². The summed E-state index contributed by atoms with van der Waals surface area (Å²) >= 11 is 4.64. The summed E-state index contributed by atoms with van der Waals surface area (Å²) in [5, 5.41) is 1.67. The molecule has 0 unspecified atom stereocenters. The van der Waals surface area contributed by atoms with Gasteiger partial charge in [0.1, 0.15) is 0 Å². The van der Waals surface area contributed by atoms with Crippen molar-refractivity contribution in [3.8, 4) is 0 Å². The highest BCUT2D eigenvalue weighted by atomic mass is 32.1. The zero-order chi connectivity index (χ0) is 6.41. The van der Waals surface area contributed by atoms with Crippen LogP contribution in [0.5, 0.6) is 0 Å². The topological polar surface area (TPSA) is 0 Å². The lowest BCUT2D eigenvalue weighted by Gasteiger charge is -1.91. The van der Waals surface area contributed by atoms with Gasteiger partial charge in [-0.2, -0.15) is 0 Å². The van der Waals surface area contributed by atoms with Crippen molar-refractivity contribution >= 4 is 17.6 Å². The Bertz CT molecular complexity index is 92.6. The van der Waals surface area contributed by atoms with E-state index in [1.165, 1.54) is 18.4 Å². The Morgan fingerprint density at radius 2 is 2.25 bits per heavy atom. The van der Waals surface area contributed by atoms with E-state index in [2.05, 4.69) is 26.1 Å². The fourth-order valence-electron chi connectivity index (χ4n) is 0.594. The van der Waals surface area contributed by atoms with Gasteiger partial charge in [0.15, 0.2) is 0 Å². The van der Waals surface area contributed by atoms with Gasteiger partial charge in [-0.3, -0.25) is 0 Å². The summed E-state index contributed by atoms with van der Waals surface area (Å²) in [7, 11) is 0. The smallest absolute Gasteiger partial charge is 0.00129 e. The van der Waals surface area contributed by atoms with Crippen LogP contribution in [0.4, 0.5) is 0 Å². The van der Waals surface area contributed by atoms with Crippen LogP contribution in [-0.2, 0) is 0 Å². The highest BCUT2D eigenvalue weighted by Crippen LogP contribution is 2.00. The Morgan fingerprint density at radius 1 is 1.62 bits per heavy atom. The van der Waals surface area contributed by atoms with E-state index in [0.717, 1.165) is 0 Å². The Labute approximate surface area is 56.6 Å². The highest BCUT2D eigenvalue weighted by molar-refractivity contribution is 7.79. The summed E-state index contributed by atoms with van der Waals surface area (Å²) in [6.07, 6.45) is 4.37. The largest absolute Gasteiger partial charge is 0.0887 e. The molecule has 0 aliphatic rings. The number of hydrogen-bond donors (Lipinski definition) is 0. The Balaban J connectivity index is 3.44. The molecule has 0 N–H and O–H groups in total. The predicted octanol–water partition coefficient (Wildman–Crippen LogP) is 2.73. The van der Waals surface area contributed by atoms with Gasteiger partial charge in [-0.05, 0) is 13.3 Å². The van der Waals surface area contributed by atoms with Gasteiger partial charge in [-0.15, -0.1) is 0 Å². The van der Waals surface area contributed by atoms with Gasteiger partial charge in [0.05, 0.1) is 0 Å². The number of rotatable bonds is 3. The van der Waals surface area contributed by atoms with Gasteiger partial charge >= 0.3 is 0 Å². The predicted molar refractivity (Wildman–Crippen MR) is 42.3 cm³/mol. The molecule has 0 radical (unpaired) electrons. The minimum Gasteiger partial charge on any atom is -0.0887 e. The first-order valence-corrected chi connectivity index (χ1v) is 3.39. The van der Waals surface area contributed by atoms with Crippen molar-refractivity contribution in [2.45, 2.75) is 26.7 Å². The molecule has 0 atom stereocenters. The second-order valence-electron chi connectivity index (χ2n) is 1.90. The molecule has 0 aromatic heterocycles. The van der Waals surface area contributed by atoms with E-state index in [0.29, 0.717) is 0 Å². The molecule has 0 spiro atoms. The van der Waals surface area contributed by atoms with E-state index in [4.69, 9.17) is 0 Å². The van der Waals surface area contributed by atoms with Crippen molar-refractivity contribution < 1.29 is 0 Å². The number of allylic oxidation sites excluding steroid dienone is 2. The molecule has 0 saturated heterocycles. The molecule has 0 nitrogen and oxygen atoms in total. The average Bonchev–Trinajstić information content (AvgIpc) is 1.68. The third-order valence-corrected chi connectivity index (χ3v) is 1.13. The molecule has 1 heteroatoms. The SMILES string of the molecule is CCCC(C)=CC=S. The van der Waals surface area contributed by atoms with Gasteiger partial charge in [0.2, 0.25) is 0 Å². The molecule has 0 rings (SSSR count). The molecule has 8 heavy (non-hydrogen) atoms. The van der Waals surface area contributed by atoms with Crippen molar-refractivity contribution in [3.63, 3.8) is 0 Å². The van der Waals surface area contributed by atoms with Crippen molar-refractivity contribution in [2.24, 2.45) is 0 Å². The first-order valence-electron chi connectivity index (χ1n) is 2.92. The minimum absolute atomic E-state index is 1.17. The third-order valence-electron chi connectivity index (χ3n) is 0.997. The van der Waals surface area contributed by atoms with E-state index >= 15 is 0 Å². The molecule has 0 heterocycles. The summed E-state index contributed by atoms with van der Waals surface area (Å²) in [6, 6.07) is 0. The maximum absolute atomic E-state index is 4.64. The molecule has 0 aromatic carbocycles. The molecule has 0 aliphatic carbocycles. The molecule has 0 saturated carbocycles. The van der Waals surface area contributed by atoms with Gasteiger partial charge in [-0.25, -0.2) is 0 Å². The van der Waals surface area contributed by atoms with Crippen LogP contribution in [0.1, 0.15) is 26.7 Å². The van der Waals surface area contributed by atoms with Crippen LogP contribution in [0.3, 0.4) is 0 Å². The molecular formula is C7H12S. The summed E-state index contributed by atoms with van der Waals surface area (Å²) in [6.45, 7) is 4.27. The molecule has 46 valence electrons. The quantitative estimate of drug-likeness (QED) is 0.416. The second-order valence-corrected chi connectivity index (χ2v) is 2.17. The van der Waals surface area contributed by atoms with E-state index in [-0.39, 0.29) is 0 Å². The number of thiocarbonyl (C=S) groups is 1.